The Morgan fingerprint density at radius 3 is 2.94 bits per heavy atom. The third-order valence-electron chi connectivity index (χ3n) is 2.36. The Morgan fingerprint density at radius 1 is 1.41 bits per heavy atom. The summed E-state index contributed by atoms with van der Waals surface area (Å²) in [4.78, 5) is 15.8. The van der Waals surface area contributed by atoms with Gasteiger partial charge in [-0.2, -0.15) is 0 Å². The van der Waals surface area contributed by atoms with E-state index in [0.717, 1.165) is 10.8 Å². The number of benzene rings is 1. The fourth-order valence-corrected chi connectivity index (χ4v) is 1.81. The van der Waals surface area contributed by atoms with Crippen LogP contribution in [0.3, 0.4) is 0 Å². The molecule has 1 heterocycles. The highest BCUT2D eigenvalue weighted by Gasteiger charge is 2.10. The second kappa shape index (κ2) is 5.12. The molecule has 17 heavy (non-hydrogen) atoms. The summed E-state index contributed by atoms with van der Waals surface area (Å²) in [5, 5.41) is 4.72. The zero-order chi connectivity index (χ0) is 12.3. The molecule has 2 rings (SSSR count). The van der Waals surface area contributed by atoms with Gasteiger partial charge in [0.1, 0.15) is 10.8 Å². The first-order valence-electron chi connectivity index (χ1n) is 5.26. The minimum absolute atomic E-state index is 0.261. The molecular weight excluding hydrogens is 238 g/mol. The van der Waals surface area contributed by atoms with Crippen LogP contribution in [0.15, 0.2) is 30.3 Å². The van der Waals surface area contributed by atoms with Gasteiger partial charge in [-0.1, -0.05) is 35.9 Å². The summed E-state index contributed by atoms with van der Waals surface area (Å²) < 4.78 is 0. The second-order valence-corrected chi connectivity index (χ2v) is 3.92. The highest BCUT2D eigenvalue weighted by Crippen LogP contribution is 2.22. The van der Waals surface area contributed by atoms with Crippen molar-refractivity contribution in [3.8, 4) is 0 Å². The van der Waals surface area contributed by atoms with Gasteiger partial charge >= 0.3 is 0 Å². The first-order valence-corrected chi connectivity index (χ1v) is 5.63. The molecule has 88 valence electrons. The molecule has 0 fully saturated rings. The van der Waals surface area contributed by atoms with Crippen LogP contribution in [0.25, 0.3) is 10.8 Å². The predicted octanol–water partition coefficient (Wildman–Crippen LogP) is 1.58. The molecule has 5 heteroatoms. The Labute approximate surface area is 104 Å². The Balaban J connectivity index is 2.39. The lowest BCUT2D eigenvalue weighted by Crippen LogP contribution is -2.29. The van der Waals surface area contributed by atoms with Crippen molar-refractivity contribution < 1.29 is 4.79 Å². The smallest absolute Gasteiger partial charge is 0.270 e. The van der Waals surface area contributed by atoms with Crippen molar-refractivity contribution in [2.45, 2.75) is 0 Å². The lowest BCUT2D eigenvalue weighted by Gasteiger charge is -2.05. The number of pyridine rings is 1. The number of rotatable bonds is 3. The number of hydrogen-bond acceptors (Lipinski definition) is 3. The van der Waals surface area contributed by atoms with Gasteiger partial charge in [0.2, 0.25) is 0 Å². The minimum Gasteiger partial charge on any atom is -0.349 e. The zero-order valence-electron chi connectivity index (χ0n) is 9.11. The van der Waals surface area contributed by atoms with Crippen molar-refractivity contribution in [1.82, 2.24) is 10.3 Å². The van der Waals surface area contributed by atoms with E-state index in [1.54, 1.807) is 6.07 Å². The molecule has 0 unspecified atom stereocenters. The molecule has 0 radical (unpaired) electrons. The van der Waals surface area contributed by atoms with E-state index in [0.29, 0.717) is 23.9 Å². The summed E-state index contributed by atoms with van der Waals surface area (Å²) in [5.74, 6) is -0.261. The van der Waals surface area contributed by atoms with Crippen molar-refractivity contribution in [2.75, 3.05) is 13.1 Å². The maximum absolute atomic E-state index is 11.7. The van der Waals surface area contributed by atoms with Gasteiger partial charge in [-0.25, -0.2) is 4.98 Å². The Bertz CT molecular complexity index is 556. The van der Waals surface area contributed by atoms with Crippen LogP contribution < -0.4 is 11.1 Å². The molecule has 0 spiro atoms. The summed E-state index contributed by atoms with van der Waals surface area (Å²) in [6.45, 7) is 0.817. The van der Waals surface area contributed by atoms with Crippen LogP contribution >= 0.6 is 11.6 Å². The molecule has 0 bridgehead atoms. The number of nitrogens with two attached hydrogens (primary N) is 1. The Morgan fingerprint density at radius 2 is 2.18 bits per heavy atom. The summed E-state index contributed by atoms with van der Waals surface area (Å²) in [7, 11) is 0. The average Bonchev–Trinajstić information content (AvgIpc) is 2.36. The zero-order valence-corrected chi connectivity index (χ0v) is 9.87. The van der Waals surface area contributed by atoms with Crippen molar-refractivity contribution in [3.63, 3.8) is 0 Å². The van der Waals surface area contributed by atoms with Gasteiger partial charge in [-0.15, -0.1) is 0 Å². The van der Waals surface area contributed by atoms with Gasteiger partial charge in [-0.3, -0.25) is 4.79 Å². The van der Waals surface area contributed by atoms with Crippen LogP contribution in [-0.2, 0) is 0 Å². The SMILES string of the molecule is NCCNC(=O)c1cc2ccccc2c(Cl)n1. The monoisotopic (exact) mass is 249 g/mol. The number of halogens is 1. The van der Waals surface area contributed by atoms with Crippen LogP contribution in [0.5, 0.6) is 0 Å². The van der Waals surface area contributed by atoms with Crippen molar-refractivity contribution in [3.05, 3.63) is 41.2 Å². The largest absolute Gasteiger partial charge is 0.349 e. The highest BCUT2D eigenvalue weighted by atomic mass is 35.5. The number of amides is 1. The average molecular weight is 250 g/mol. The summed E-state index contributed by atoms with van der Waals surface area (Å²) >= 11 is 6.02. The van der Waals surface area contributed by atoms with Crippen molar-refractivity contribution >= 4 is 28.3 Å². The van der Waals surface area contributed by atoms with E-state index in [4.69, 9.17) is 17.3 Å². The van der Waals surface area contributed by atoms with Gasteiger partial charge in [0.25, 0.3) is 5.91 Å². The molecule has 0 saturated heterocycles. The standard InChI is InChI=1S/C12H12ClN3O/c13-11-9-4-2-1-3-8(9)7-10(16-11)12(17)15-6-5-14/h1-4,7H,5-6,14H2,(H,15,17). The lowest BCUT2D eigenvalue weighted by molar-refractivity contribution is 0.0950. The number of carbonyl (C=O) groups is 1. The maximum atomic E-state index is 11.7. The quantitative estimate of drug-likeness (QED) is 0.812. The van der Waals surface area contributed by atoms with Gasteiger partial charge in [0.05, 0.1) is 0 Å². The van der Waals surface area contributed by atoms with Crippen LogP contribution in [0.1, 0.15) is 10.5 Å². The van der Waals surface area contributed by atoms with Crippen LogP contribution in [-0.4, -0.2) is 24.0 Å². The minimum atomic E-state index is -0.261. The van der Waals surface area contributed by atoms with E-state index < -0.39 is 0 Å². The number of nitrogens with zero attached hydrogens (tertiary/aromatic N) is 1. The van der Waals surface area contributed by atoms with Crippen molar-refractivity contribution in [2.24, 2.45) is 5.73 Å². The molecule has 0 aliphatic heterocycles. The molecular formula is C12H12ClN3O. The number of aromatic nitrogens is 1. The molecule has 1 aromatic heterocycles. The van der Waals surface area contributed by atoms with Gasteiger partial charge in [0, 0.05) is 18.5 Å². The number of carbonyl (C=O) groups excluding carboxylic acids is 1. The number of nitrogens with one attached hydrogen (secondary N) is 1. The lowest BCUT2D eigenvalue weighted by atomic mass is 10.1. The van der Waals surface area contributed by atoms with E-state index in [9.17, 15) is 4.79 Å². The Hall–Kier alpha value is -1.65. The van der Waals surface area contributed by atoms with Gasteiger partial charge in [-0.05, 0) is 11.5 Å². The maximum Gasteiger partial charge on any atom is 0.270 e. The third kappa shape index (κ3) is 2.54. The molecule has 1 aromatic carbocycles. The van der Waals surface area contributed by atoms with Crippen LogP contribution in [0, 0.1) is 0 Å². The predicted molar refractivity (Wildman–Crippen MR) is 68.1 cm³/mol. The van der Waals surface area contributed by atoms with Crippen molar-refractivity contribution in [1.29, 1.82) is 0 Å². The van der Waals surface area contributed by atoms with E-state index in [1.807, 2.05) is 24.3 Å². The Kier molecular flexibility index (Phi) is 3.56. The van der Waals surface area contributed by atoms with Crippen LogP contribution in [0.2, 0.25) is 5.15 Å². The van der Waals surface area contributed by atoms with E-state index in [1.165, 1.54) is 0 Å². The molecule has 0 aliphatic rings. The fraction of sp³-hybridized carbons (Fsp3) is 0.167. The summed E-state index contributed by atoms with van der Waals surface area (Å²) in [5.41, 5.74) is 5.62. The van der Waals surface area contributed by atoms with Gasteiger partial charge in [0.15, 0.2) is 0 Å². The molecule has 3 N–H and O–H groups in total. The third-order valence-corrected chi connectivity index (χ3v) is 2.64. The van der Waals surface area contributed by atoms with Crippen LogP contribution in [0.4, 0.5) is 0 Å². The molecule has 2 aromatic rings. The molecule has 4 nitrogen and oxygen atoms in total. The summed E-state index contributed by atoms with van der Waals surface area (Å²) in [6, 6.07) is 9.24. The normalized spacial score (nSPS) is 10.5. The van der Waals surface area contributed by atoms with E-state index >= 15 is 0 Å². The summed E-state index contributed by atoms with van der Waals surface area (Å²) in [6.07, 6.45) is 0. The topological polar surface area (TPSA) is 68.0 Å². The van der Waals surface area contributed by atoms with E-state index in [2.05, 4.69) is 10.3 Å². The number of fused-ring (bicyclic) bond motifs is 1. The highest BCUT2D eigenvalue weighted by molar-refractivity contribution is 6.34. The first-order chi connectivity index (χ1) is 8.22. The molecule has 1 amide bonds. The molecule has 0 atom stereocenters. The second-order valence-electron chi connectivity index (χ2n) is 3.56. The first kappa shape index (κ1) is 11.8. The van der Waals surface area contributed by atoms with E-state index in [-0.39, 0.29) is 5.91 Å². The fourth-order valence-electron chi connectivity index (χ4n) is 1.55. The van der Waals surface area contributed by atoms with Gasteiger partial charge < -0.3 is 11.1 Å². The molecule has 0 saturated carbocycles. The molecule has 0 aliphatic carbocycles. The number of hydrogen-bond donors (Lipinski definition) is 2.